The number of aromatic nitrogens is 5. The Kier molecular flexibility index (Phi) is 3.76. The first kappa shape index (κ1) is 13.0. The molecule has 4 N–H and O–H groups in total. The summed E-state index contributed by atoms with van der Waals surface area (Å²) in [6.07, 6.45) is 1.79. The number of aryl methyl sites for hydroxylation is 1. The number of rotatable bonds is 5. The van der Waals surface area contributed by atoms with Crippen molar-refractivity contribution in [1.82, 2.24) is 24.7 Å². The summed E-state index contributed by atoms with van der Waals surface area (Å²) in [4.78, 5) is 12.1. The first-order valence-electron chi connectivity index (χ1n) is 5.62. The molecule has 102 valence electrons. The third kappa shape index (κ3) is 2.88. The van der Waals surface area contributed by atoms with Crippen molar-refractivity contribution in [1.29, 1.82) is 0 Å². The van der Waals surface area contributed by atoms with Crippen LogP contribution in [0, 0.1) is 6.92 Å². The van der Waals surface area contributed by atoms with Gasteiger partial charge in [-0.2, -0.15) is 20.1 Å². The van der Waals surface area contributed by atoms with Gasteiger partial charge in [-0.15, -0.1) is 0 Å². The molecule has 0 aliphatic heterocycles. The van der Waals surface area contributed by atoms with Crippen molar-refractivity contribution in [2.24, 2.45) is 12.9 Å². The zero-order valence-electron chi connectivity index (χ0n) is 11.0. The average molecular weight is 264 g/mol. The number of nitrogen functional groups attached to an aromatic ring is 1. The number of hydrogen-bond donors (Lipinski definition) is 3. The number of nitrogens with zero attached hydrogens (tertiary/aromatic N) is 5. The maximum atomic E-state index is 5.28. The van der Waals surface area contributed by atoms with Gasteiger partial charge in [-0.1, -0.05) is 0 Å². The Morgan fingerprint density at radius 3 is 2.63 bits per heavy atom. The van der Waals surface area contributed by atoms with Gasteiger partial charge < -0.3 is 10.1 Å². The molecule has 0 bridgehead atoms. The van der Waals surface area contributed by atoms with Crippen LogP contribution in [0.3, 0.4) is 0 Å². The van der Waals surface area contributed by atoms with Crippen molar-refractivity contribution >= 4 is 11.9 Å². The quantitative estimate of drug-likeness (QED) is 0.503. The van der Waals surface area contributed by atoms with Gasteiger partial charge >= 0.3 is 6.01 Å². The SMILES string of the molecule is COc1nc(NN)nc(NCc2cnn(C)c2C)n1. The highest BCUT2D eigenvalue weighted by Crippen LogP contribution is 2.12. The zero-order valence-corrected chi connectivity index (χ0v) is 11.0. The topological polar surface area (TPSA) is 116 Å². The van der Waals surface area contributed by atoms with E-state index in [4.69, 9.17) is 10.6 Å². The van der Waals surface area contributed by atoms with Crippen molar-refractivity contribution in [3.05, 3.63) is 17.5 Å². The molecule has 0 saturated heterocycles. The minimum Gasteiger partial charge on any atom is -0.467 e. The fraction of sp³-hybridized carbons (Fsp3) is 0.400. The summed E-state index contributed by atoms with van der Waals surface area (Å²) in [6, 6.07) is 0.188. The predicted octanol–water partition coefficient (Wildman–Crippen LogP) is -0.180. The van der Waals surface area contributed by atoms with Gasteiger partial charge in [0, 0.05) is 24.8 Å². The van der Waals surface area contributed by atoms with Crippen molar-refractivity contribution in [2.75, 3.05) is 17.9 Å². The Morgan fingerprint density at radius 2 is 2.05 bits per heavy atom. The molecule has 9 nitrogen and oxygen atoms in total. The lowest BCUT2D eigenvalue weighted by atomic mass is 10.2. The zero-order chi connectivity index (χ0) is 13.8. The van der Waals surface area contributed by atoms with E-state index in [2.05, 4.69) is 30.8 Å². The molecule has 0 spiro atoms. The molecule has 2 heterocycles. The highest BCUT2D eigenvalue weighted by molar-refractivity contribution is 5.36. The van der Waals surface area contributed by atoms with E-state index in [0.29, 0.717) is 12.5 Å². The second kappa shape index (κ2) is 5.48. The molecule has 0 aliphatic rings. The molecule has 2 rings (SSSR count). The smallest absolute Gasteiger partial charge is 0.322 e. The molecular formula is C10H16N8O. The largest absolute Gasteiger partial charge is 0.467 e. The molecule has 0 radical (unpaired) electrons. The van der Waals surface area contributed by atoms with E-state index in [1.165, 1.54) is 7.11 Å². The first-order valence-corrected chi connectivity index (χ1v) is 5.62. The third-order valence-corrected chi connectivity index (χ3v) is 2.70. The van der Waals surface area contributed by atoms with Gasteiger partial charge in [0.1, 0.15) is 0 Å². The van der Waals surface area contributed by atoms with Crippen molar-refractivity contribution in [3.63, 3.8) is 0 Å². The molecule has 0 fully saturated rings. The van der Waals surface area contributed by atoms with Gasteiger partial charge in [0.25, 0.3) is 0 Å². The van der Waals surface area contributed by atoms with E-state index in [9.17, 15) is 0 Å². The Labute approximate surface area is 110 Å². The number of hydrogen-bond acceptors (Lipinski definition) is 8. The molecule has 2 aromatic heterocycles. The van der Waals surface area contributed by atoms with E-state index in [1.54, 1.807) is 10.9 Å². The summed E-state index contributed by atoms with van der Waals surface area (Å²) >= 11 is 0. The number of nitrogens with one attached hydrogen (secondary N) is 2. The standard InChI is InChI=1S/C10H16N8O/c1-6-7(5-13-18(6)2)4-12-8-14-9(17-11)16-10(15-8)19-3/h5H,4,11H2,1-3H3,(H2,12,14,15,16,17). The van der Waals surface area contributed by atoms with Crippen LogP contribution in [-0.2, 0) is 13.6 Å². The maximum absolute atomic E-state index is 5.28. The fourth-order valence-corrected chi connectivity index (χ4v) is 1.48. The lowest BCUT2D eigenvalue weighted by Crippen LogP contribution is -2.14. The molecule has 0 unspecified atom stereocenters. The number of methoxy groups -OCH3 is 1. The van der Waals surface area contributed by atoms with Crippen LogP contribution in [0.2, 0.25) is 0 Å². The van der Waals surface area contributed by atoms with Crippen molar-refractivity contribution < 1.29 is 4.74 Å². The fourth-order valence-electron chi connectivity index (χ4n) is 1.48. The molecular weight excluding hydrogens is 248 g/mol. The molecule has 0 aliphatic carbocycles. The van der Waals surface area contributed by atoms with Crippen LogP contribution >= 0.6 is 0 Å². The summed E-state index contributed by atoms with van der Waals surface area (Å²) in [5.74, 6) is 5.89. The molecule has 0 saturated carbocycles. The second-order valence-corrected chi connectivity index (χ2v) is 3.85. The van der Waals surface area contributed by atoms with Crippen molar-refractivity contribution in [3.8, 4) is 6.01 Å². The summed E-state index contributed by atoms with van der Waals surface area (Å²) in [5.41, 5.74) is 4.49. The Bertz CT molecular complexity index is 544. The highest BCUT2D eigenvalue weighted by atomic mass is 16.5. The molecule has 2 aromatic rings. The van der Waals surface area contributed by atoms with Gasteiger partial charge in [-0.05, 0) is 6.92 Å². The van der Waals surface area contributed by atoms with E-state index in [0.717, 1.165) is 11.3 Å². The minimum absolute atomic E-state index is 0.188. The van der Waals surface area contributed by atoms with E-state index in [-0.39, 0.29) is 12.0 Å². The summed E-state index contributed by atoms with van der Waals surface area (Å²) in [7, 11) is 3.37. The highest BCUT2D eigenvalue weighted by Gasteiger charge is 2.07. The Balaban J connectivity index is 2.12. The van der Waals surface area contributed by atoms with Crippen molar-refractivity contribution in [2.45, 2.75) is 13.5 Å². The molecule has 19 heavy (non-hydrogen) atoms. The average Bonchev–Trinajstić information content (AvgIpc) is 2.76. The van der Waals surface area contributed by atoms with Crippen LogP contribution < -0.4 is 21.3 Å². The van der Waals surface area contributed by atoms with Crippen LogP contribution in [0.4, 0.5) is 11.9 Å². The lowest BCUT2D eigenvalue weighted by molar-refractivity contribution is 0.379. The summed E-state index contributed by atoms with van der Waals surface area (Å²) in [6.45, 7) is 2.54. The van der Waals surface area contributed by atoms with Gasteiger partial charge in [-0.3, -0.25) is 10.1 Å². The number of ether oxygens (including phenoxy) is 1. The number of hydrazine groups is 1. The van der Waals surface area contributed by atoms with E-state index in [1.807, 2.05) is 14.0 Å². The monoisotopic (exact) mass is 264 g/mol. The number of nitrogens with two attached hydrogens (primary N) is 1. The minimum atomic E-state index is 0.188. The lowest BCUT2D eigenvalue weighted by Gasteiger charge is -2.07. The summed E-state index contributed by atoms with van der Waals surface area (Å²) in [5, 5.41) is 7.24. The van der Waals surface area contributed by atoms with Crippen LogP contribution in [0.1, 0.15) is 11.3 Å². The van der Waals surface area contributed by atoms with E-state index >= 15 is 0 Å². The molecule has 0 aromatic carbocycles. The van der Waals surface area contributed by atoms with Gasteiger partial charge in [0.15, 0.2) is 0 Å². The van der Waals surface area contributed by atoms with Gasteiger partial charge in [0.2, 0.25) is 11.9 Å². The van der Waals surface area contributed by atoms with Gasteiger partial charge in [-0.25, -0.2) is 5.84 Å². The Morgan fingerprint density at radius 1 is 1.32 bits per heavy atom. The second-order valence-electron chi connectivity index (χ2n) is 3.85. The molecule has 0 amide bonds. The van der Waals surface area contributed by atoms with E-state index < -0.39 is 0 Å². The predicted molar refractivity (Wildman–Crippen MR) is 69.5 cm³/mol. The maximum Gasteiger partial charge on any atom is 0.322 e. The van der Waals surface area contributed by atoms with Crippen LogP contribution in [-0.4, -0.2) is 31.8 Å². The number of anilines is 2. The van der Waals surface area contributed by atoms with Crippen LogP contribution in [0.15, 0.2) is 6.20 Å². The van der Waals surface area contributed by atoms with Crippen LogP contribution in [0.5, 0.6) is 6.01 Å². The summed E-state index contributed by atoms with van der Waals surface area (Å²) < 4.78 is 6.77. The molecule has 0 atom stereocenters. The first-order chi connectivity index (χ1) is 9.13. The molecule has 9 heteroatoms. The third-order valence-electron chi connectivity index (χ3n) is 2.70. The van der Waals surface area contributed by atoms with Crippen LogP contribution in [0.25, 0.3) is 0 Å². The van der Waals surface area contributed by atoms with Gasteiger partial charge in [0.05, 0.1) is 13.3 Å². The Hall–Kier alpha value is -2.42. The normalized spacial score (nSPS) is 10.3.